The Balaban J connectivity index is 1.99. The molecule has 1 saturated heterocycles. The monoisotopic (exact) mass is 263 g/mol. The van der Waals surface area contributed by atoms with Crippen molar-refractivity contribution in [2.24, 2.45) is 0 Å². The van der Waals surface area contributed by atoms with E-state index in [0.717, 1.165) is 25.3 Å². The molecule has 2 rings (SSSR count). The maximum Gasteiger partial charge on any atom is 0.213 e. The Morgan fingerprint density at radius 3 is 3.05 bits per heavy atom. The molecule has 19 heavy (non-hydrogen) atoms. The number of nitrogens with zero attached hydrogens (tertiary/aromatic N) is 2. The van der Waals surface area contributed by atoms with Gasteiger partial charge in [-0.2, -0.15) is 0 Å². The minimum absolute atomic E-state index is 0.557. The van der Waals surface area contributed by atoms with Crippen LogP contribution in [-0.4, -0.2) is 42.2 Å². The van der Waals surface area contributed by atoms with E-state index in [1.807, 2.05) is 12.1 Å². The SMILES string of the molecule is CCCC1CN(Cc2cccc(OC)n2)C(C)CN1. The smallest absolute Gasteiger partial charge is 0.213 e. The first-order valence-electron chi connectivity index (χ1n) is 7.20. The second kappa shape index (κ2) is 6.87. The van der Waals surface area contributed by atoms with E-state index >= 15 is 0 Å². The van der Waals surface area contributed by atoms with Gasteiger partial charge in [0.05, 0.1) is 12.8 Å². The highest BCUT2D eigenvalue weighted by Crippen LogP contribution is 2.15. The van der Waals surface area contributed by atoms with Gasteiger partial charge in [0.2, 0.25) is 5.88 Å². The van der Waals surface area contributed by atoms with Crippen LogP contribution in [0.1, 0.15) is 32.4 Å². The Bertz CT molecular complexity index is 397. The predicted molar refractivity (Wildman–Crippen MR) is 77.4 cm³/mol. The van der Waals surface area contributed by atoms with Crippen LogP contribution in [0.25, 0.3) is 0 Å². The van der Waals surface area contributed by atoms with Gasteiger partial charge in [-0.1, -0.05) is 19.4 Å². The first-order valence-corrected chi connectivity index (χ1v) is 7.20. The molecule has 2 unspecified atom stereocenters. The van der Waals surface area contributed by atoms with Crippen molar-refractivity contribution in [1.29, 1.82) is 0 Å². The van der Waals surface area contributed by atoms with E-state index in [1.54, 1.807) is 7.11 Å². The van der Waals surface area contributed by atoms with Crippen molar-refractivity contribution in [2.75, 3.05) is 20.2 Å². The summed E-state index contributed by atoms with van der Waals surface area (Å²) in [6, 6.07) is 7.15. The molecule has 1 aliphatic rings. The lowest BCUT2D eigenvalue weighted by molar-refractivity contribution is 0.127. The largest absolute Gasteiger partial charge is 0.481 e. The first kappa shape index (κ1) is 14.3. The van der Waals surface area contributed by atoms with Crippen LogP contribution in [0.15, 0.2) is 18.2 Å². The molecular weight excluding hydrogens is 238 g/mol. The molecule has 0 aromatic carbocycles. The van der Waals surface area contributed by atoms with Crippen LogP contribution in [0.4, 0.5) is 0 Å². The molecule has 0 amide bonds. The summed E-state index contributed by atoms with van der Waals surface area (Å²) in [5.74, 6) is 0.699. The summed E-state index contributed by atoms with van der Waals surface area (Å²) in [5.41, 5.74) is 1.09. The fourth-order valence-electron chi connectivity index (χ4n) is 2.62. The molecule has 0 bridgehead atoms. The second-order valence-corrected chi connectivity index (χ2v) is 5.34. The number of hydrogen-bond acceptors (Lipinski definition) is 4. The molecule has 0 spiro atoms. The molecule has 106 valence electrons. The Morgan fingerprint density at radius 1 is 1.47 bits per heavy atom. The average molecular weight is 263 g/mol. The van der Waals surface area contributed by atoms with Crippen LogP contribution >= 0.6 is 0 Å². The molecule has 0 aliphatic carbocycles. The molecule has 1 aliphatic heterocycles. The Labute approximate surface area is 116 Å². The van der Waals surface area contributed by atoms with Gasteiger partial charge in [0.1, 0.15) is 0 Å². The fourth-order valence-corrected chi connectivity index (χ4v) is 2.62. The number of hydrogen-bond donors (Lipinski definition) is 1. The topological polar surface area (TPSA) is 37.4 Å². The van der Waals surface area contributed by atoms with E-state index in [0.29, 0.717) is 18.0 Å². The number of aromatic nitrogens is 1. The van der Waals surface area contributed by atoms with Crippen molar-refractivity contribution in [3.63, 3.8) is 0 Å². The van der Waals surface area contributed by atoms with Gasteiger partial charge in [-0.15, -0.1) is 0 Å². The summed E-state index contributed by atoms with van der Waals surface area (Å²) < 4.78 is 5.19. The van der Waals surface area contributed by atoms with Gasteiger partial charge >= 0.3 is 0 Å². The third-order valence-electron chi connectivity index (χ3n) is 3.77. The van der Waals surface area contributed by atoms with Gasteiger partial charge in [0.15, 0.2) is 0 Å². The normalized spacial score (nSPS) is 24.4. The van der Waals surface area contributed by atoms with Crippen molar-refractivity contribution in [3.8, 4) is 5.88 Å². The van der Waals surface area contributed by atoms with Crippen molar-refractivity contribution < 1.29 is 4.74 Å². The maximum absolute atomic E-state index is 5.19. The lowest BCUT2D eigenvalue weighted by Crippen LogP contribution is -2.54. The van der Waals surface area contributed by atoms with E-state index in [1.165, 1.54) is 12.8 Å². The van der Waals surface area contributed by atoms with E-state index < -0.39 is 0 Å². The lowest BCUT2D eigenvalue weighted by Gasteiger charge is -2.38. The van der Waals surface area contributed by atoms with Crippen LogP contribution in [0.5, 0.6) is 5.88 Å². The van der Waals surface area contributed by atoms with E-state index in [9.17, 15) is 0 Å². The molecule has 2 heterocycles. The van der Waals surface area contributed by atoms with Gasteiger partial charge in [-0.05, 0) is 19.4 Å². The quantitative estimate of drug-likeness (QED) is 0.882. The third kappa shape index (κ3) is 3.91. The molecule has 4 nitrogen and oxygen atoms in total. The van der Waals surface area contributed by atoms with E-state index in [2.05, 4.69) is 35.1 Å². The minimum Gasteiger partial charge on any atom is -0.481 e. The van der Waals surface area contributed by atoms with Crippen LogP contribution in [0.2, 0.25) is 0 Å². The Kier molecular flexibility index (Phi) is 5.16. The van der Waals surface area contributed by atoms with E-state index in [4.69, 9.17) is 4.74 Å². The third-order valence-corrected chi connectivity index (χ3v) is 3.77. The summed E-state index contributed by atoms with van der Waals surface area (Å²) in [6.07, 6.45) is 2.48. The van der Waals surface area contributed by atoms with Gasteiger partial charge in [0.25, 0.3) is 0 Å². The van der Waals surface area contributed by atoms with Crippen molar-refractivity contribution in [3.05, 3.63) is 23.9 Å². The van der Waals surface area contributed by atoms with E-state index in [-0.39, 0.29) is 0 Å². The molecule has 1 fully saturated rings. The highest BCUT2D eigenvalue weighted by molar-refractivity contribution is 5.15. The lowest BCUT2D eigenvalue weighted by atomic mass is 10.1. The molecule has 1 aromatic heterocycles. The Morgan fingerprint density at radius 2 is 2.32 bits per heavy atom. The van der Waals surface area contributed by atoms with Crippen LogP contribution in [-0.2, 0) is 6.54 Å². The molecule has 0 radical (unpaired) electrons. The zero-order chi connectivity index (χ0) is 13.7. The van der Waals surface area contributed by atoms with Gasteiger partial charge in [-0.3, -0.25) is 4.90 Å². The number of nitrogens with one attached hydrogen (secondary N) is 1. The molecule has 2 atom stereocenters. The maximum atomic E-state index is 5.19. The number of piperazine rings is 1. The zero-order valence-corrected chi connectivity index (χ0v) is 12.2. The predicted octanol–water partition coefficient (Wildman–Crippen LogP) is 2.05. The standard InChI is InChI=1S/C15H25N3O/c1-4-6-13-10-18(12(2)9-16-13)11-14-7-5-8-15(17-14)19-3/h5,7-8,12-13,16H,4,6,9-11H2,1-3H3. The average Bonchev–Trinajstić information content (AvgIpc) is 2.43. The summed E-state index contributed by atoms with van der Waals surface area (Å²) in [7, 11) is 1.66. The highest BCUT2D eigenvalue weighted by atomic mass is 16.5. The van der Waals surface area contributed by atoms with Crippen LogP contribution in [0.3, 0.4) is 0 Å². The number of methoxy groups -OCH3 is 1. The minimum atomic E-state index is 0.557. The summed E-state index contributed by atoms with van der Waals surface area (Å²) in [5, 5.41) is 3.62. The summed E-state index contributed by atoms with van der Waals surface area (Å²) >= 11 is 0. The number of rotatable bonds is 5. The first-order chi connectivity index (χ1) is 9.22. The van der Waals surface area contributed by atoms with Gasteiger partial charge in [0, 0.05) is 37.8 Å². The summed E-state index contributed by atoms with van der Waals surface area (Å²) in [6.45, 7) is 7.59. The number of pyridine rings is 1. The molecular formula is C15H25N3O. The second-order valence-electron chi connectivity index (χ2n) is 5.34. The van der Waals surface area contributed by atoms with Crippen molar-refractivity contribution in [2.45, 2.75) is 45.3 Å². The van der Waals surface area contributed by atoms with Crippen molar-refractivity contribution >= 4 is 0 Å². The number of ether oxygens (including phenoxy) is 1. The molecule has 0 saturated carbocycles. The molecule has 4 heteroatoms. The zero-order valence-electron chi connectivity index (χ0n) is 12.2. The van der Waals surface area contributed by atoms with Gasteiger partial charge in [-0.25, -0.2) is 4.98 Å². The van der Waals surface area contributed by atoms with Crippen molar-refractivity contribution in [1.82, 2.24) is 15.2 Å². The van der Waals surface area contributed by atoms with Gasteiger partial charge < -0.3 is 10.1 Å². The summed E-state index contributed by atoms with van der Waals surface area (Å²) in [4.78, 5) is 7.02. The molecule has 1 aromatic rings. The Hall–Kier alpha value is -1.13. The fraction of sp³-hybridized carbons (Fsp3) is 0.667. The molecule has 1 N–H and O–H groups in total. The van der Waals surface area contributed by atoms with Crippen LogP contribution < -0.4 is 10.1 Å². The van der Waals surface area contributed by atoms with Crippen LogP contribution in [0, 0.1) is 0 Å². The highest BCUT2D eigenvalue weighted by Gasteiger charge is 2.24.